The van der Waals surface area contributed by atoms with E-state index < -0.39 is 0 Å². The number of aliphatic hydroxyl groups is 1. The number of hydrogen-bond acceptors (Lipinski definition) is 4. The first-order valence-electron chi connectivity index (χ1n) is 10.5. The summed E-state index contributed by atoms with van der Waals surface area (Å²) in [6.45, 7) is 9.34. The summed E-state index contributed by atoms with van der Waals surface area (Å²) < 4.78 is 5.57. The number of aliphatic imine (C=N–C) groups is 1. The Morgan fingerprint density at radius 1 is 1.31 bits per heavy atom. The van der Waals surface area contributed by atoms with Gasteiger partial charge in [-0.15, -0.1) is 24.0 Å². The Kier molecular flexibility index (Phi) is 12.8. The number of hydrogen-bond donors (Lipinski definition) is 3. The summed E-state index contributed by atoms with van der Waals surface area (Å²) in [5.41, 5.74) is 1.33. The quantitative estimate of drug-likeness (QED) is 0.239. The van der Waals surface area contributed by atoms with Crippen molar-refractivity contribution in [2.75, 3.05) is 46.5 Å². The molecular formula is C22H39IN4O2. The van der Waals surface area contributed by atoms with Crippen molar-refractivity contribution in [3.63, 3.8) is 0 Å². The van der Waals surface area contributed by atoms with Crippen LogP contribution in [0.1, 0.15) is 38.7 Å². The summed E-state index contributed by atoms with van der Waals surface area (Å²) >= 11 is 0. The Bertz CT molecular complexity index is 579. The van der Waals surface area contributed by atoms with E-state index in [0.717, 1.165) is 51.5 Å². The largest absolute Gasteiger partial charge is 0.396 e. The van der Waals surface area contributed by atoms with Crippen molar-refractivity contribution in [2.45, 2.75) is 45.7 Å². The third-order valence-electron chi connectivity index (χ3n) is 5.63. The van der Waals surface area contributed by atoms with E-state index in [2.05, 4.69) is 66.8 Å². The van der Waals surface area contributed by atoms with E-state index in [9.17, 15) is 5.11 Å². The Hall–Kier alpha value is -0.900. The monoisotopic (exact) mass is 518 g/mol. The van der Waals surface area contributed by atoms with E-state index in [-0.39, 0.29) is 36.0 Å². The van der Waals surface area contributed by atoms with E-state index in [1.165, 1.54) is 5.56 Å². The molecule has 166 valence electrons. The molecular weight excluding hydrogens is 479 g/mol. The molecule has 0 saturated carbocycles. The lowest BCUT2D eigenvalue weighted by molar-refractivity contribution is 0.131. The van der Waals surface area contributed by atoms with Gasteiger partial charge in [0.25, 0.3) is 0 Å². The van der Waals surface area contributed by atoms with Crippen LogP contribution in [0.3, 0.4) is 0 Å². The average molecular weight is 518 g/mol. The number of aliphatic hydroxyl groups excluding tert-OH is 1. The second-order valence-corrected chi connectivity index (χ2v) is 7.94. The Labute approximate surface area is 193 Å². The normalized spacial score (nSPS) is 20.4. The SMILES string of the molecule is CCNC(=NCC1(CCO)CCOC1)NCCC(C)N(C)Cc1ccccc1.I. The van der Waals surface area contributed by atoms with Gasteiger partial charge in [-0.25, -0.2) is 0 Å². The van der Waals surface area contributed by atoms with Crippen LogP contribution in [0, 0.1) is 5.41 Å². The van der Waals surface area contributed by atoms with Gasteiger partial charge in [0.05, 0.1) is 13.2 Å². The van der Waals surface area contributed by atoms with Crippen LogP contribution in [0.4, 0.5) is 0 Å². The van der Waals surface area contributed by atoms with Crippen LogP contribution < -0.4 is 10.6 Å². The zero-order chi connectivity index (χ0) is 20.2. The minimum absolute atomic E-state index is 0. The lowest BCUT2D eigenvalue weighted by Crippen LogP contribution is -2.41. The summed E-state index contributed by atoms with van der Waals surface area (Å²) in [5.74, 6) is 0.852. The van der Waals surface area contributed by atoms with Gasteiger partial charge in [-0.1, -0.05) is 30.3 Å². The minimum Gasteiger partial charge on any atom is -0.396 e. The maximum absolute atomic E-state index is 9.38. The molecule has 0 amide bonds. The topological polar surface area (TPSA) is 69.1 Å². The summed E-state index contributed by atoms with van der Waals surface area (Å²) in [4.78, 5) is 7.17. The molecule has 1 aliphatic rings. The van der Waals surface area contributed by atoms with Crippen molar-refractivity contribution in [3.05, 3.63) is 35.9 Å². The zero-order valence-electron chi connectivity index (χ0n) is 18.2. The Balaban J connectivity index is 0.00000420. The molecule has 0 aromatic heterocycles. The Morgan fingerprint density at radius 2 is 2.07 bits per heavy atom. The molecule has 1 aromatic rings. The predicted molar refractivity (Wildman–Crippen MR) is 131 cm³/mol. The van der Waals surface area contributed by atoms with Gasteiger partial charge < -0.3 is 20.5 Å². The third-order valence-corrected chi connectivity index (χ3v) is 5.63. The highest BCUT2D eigenvalue weighted by Gasteiger charge is 2.34. The molecule has 0 spiro atoms. The molecule has 0 bridgehead atoms. The number of guanidine groups is 1. The molecule has 0 radical (unpaired) electrons. The first-order valence-corrected chi connectivity index (χ1v) is 10.5. The van der Waals surface area contributed by atoms with Gasteiger partial charge in [0, 0.05) is 44.3 Å². The molecule has 2 atom stereocenters. The number of halogens is 1. The first kappa shape index (κ1) is 26.1. The van der Waals surface area contributed by atoms with Gasteiger partial charge >= 0.3 is 0 Å². The average Bonchev–Trinajstić information content (AvgIpc) is 3.16. The fourth-order valence-corrected chi connectivity index (χ4v) is 3.52. The summed E-state index contributed by atoms with van der Waals surface area (Å²) in [7, 11) is 2.18. The third kappa shape index (κ3) is 9.19. The molecule has 6 nitrogen and oxygen atoms in total. The summed E-state index contributed by atoms with van der Waals surface area (Å²) in [6.07, 6.45) is 2.76. The van der Waals surface area contributed by atoms with Gasteiger partial charge in [-0.05, 0) is 45.7 Å². The van der Waals surface area contributed by atoms with E-state index in [1.54, 1.807) is 0 Å². The lowest BCUT2D eigenvalue weighted by Gasteiger charge is -2.26. The van der Waals surface area contributed by atoms with Crippen molar-refractivity contribution >= 4 is 29.9 Å². The molecule has 0 aliphatic carbocycles. The van der Waals surface area contributed by atoms with Crippen molar-refractivity contribution in [1.82, 2.24) is 15.5 Å². The zero-order valence-corrected chi connectivity index (χ0v) is 20.5. The van der Waals surface area contributed by atoms with Crippen molar-refractivity contribution < 1.29 is 9.84 Å². The highest BCUT2D eigenvalue weighted by Crippen LogP contribution is 2.32. The maximum atomic E-state index is 9.38. The van der Waals surface area contributed by atoms with Gasteiger partial charge in [0.1, 0.15) is 0 Å². The number of nitrogens with zero attached hydrogens (tertiary/aromatic N) is 2. The summed E-state index contributed by atoms with van der Waals surface area (Å²) in [6, 6.07) is 11.1. The van der Waals surface area contributed by atoms with Crippen LogP contribution in [0.15, 0.2) is 35.3 Å². The molecule has 1 heterocycles. The van der Waals surface area contributed by atoms with Crippen LogP contribution >= 0.6 is 24.0 Å². The fraction of sp³-hybridized carbons (Fsp3) is 0.682. The van der Waals surface area contributed by atoms with Gasteiger partial charge in [0.2, 0.25) is 0 Å². The van der Waals surface area contributed by atoms with E-state index in [4.69, 9.17) is 9.73 Å². The lowest BCUT2D eigenvalue weighted by atomic mass is 9.84. The molecule has 2 unspecified atom stereocenters. The van der Waals surface area contributed by atoms with Crippen LogP contribution in [0.2, 0.25) is 0 Å². The predicted octanol–water partition coefficient (Wildman–Crippen LogP) is 2.86. The molecule has 1 aromatic carbocycles. The van der Waals surface area contributed by atoms with Crippen LogP contribution in [-0.4, -0.2) is 68.5 Å². The van der Waals surface area contributed by atoms with Crippen molar-refractivity contribution in [2.24, 2.45) is 10.4 Å². The molecule has 29 heavy (non-hydrogen) atoms. The van der Waals surface area contributed by atoms with Gasteiger partial charge in [-0.2, -0.15) is 0 Å². The molecule has 1 aliphatic heterocycles. The molecule has 1 saturated heterocycles. The number of rotatable bonds is 11. The molecule has 3 N–H and O–H groups in total. The molecule has 7 heteroatoms. The Morgan fingerprint density at radius 3 is 2.69 bits per heavy atom. The second-order valence-electron chi connectivity index (χ2n) is 7.94. The number of benzene rings is 1. The number of nitrogens with one attached hydrogen (secondary N) is 2. The van der Waals surface area contributed by atoms with Crippen molar-refractivity contribution in [3.8, 4) is 0 Å². The fourth-order valence-electron chi connectivity index (χ4n) is 3.52. The van der Waals surface area contributed by atoms with Crippen LogP contribution in [-0.2, 0) is 11.3 Å². The van der Waals surface area contributed by atoms with E-state index in [0.29, 0.717) is 19.2 Å². The highest BCUT2D eigenvalue weighted by molar-refractivity contribution is 14.0. The summed E-state index contributed by atoms with van der Waals surface area (Å²) in [5, 5.41) is 16.2. The number of ether oxygens (including phenoxy) is 1. The van der Waals surface area contributed by atoms with E-state index >= 15 is 0 Å². The maximum Gasteiger partial charge on any atom is 0.191 e. The first-order chi connectivity index (χ1) is 13.6. The highest BCUT2D eigenvalue weighted by atomic mass is 127. The van der Waals surface area contributed by atoms with Crippen LogP contribution in [0.25, 0.3) is 0 Å². The van der Waals surface area contributed by atoms with Crippen molar-refractivity contribution in [1.29, 1.82) is 0 Å². The minimum atomic E-state index is -0.0136. The van der Waals surface area contributed by atoms with Gasteiger partial charge in [0.15, 0.2) is 5.96 Å². The van der Waals surface area contributed by atoms with Gasteiger partial charge in [-0.3, -0.25) is 9.89 Å². The smallest absolute Gasteiger partial charge is 0.191 e. The molecule has 1 fully saturated rings. The molecule has 2 rings (SSSR count). The standard InChI is InChI=1S/C22H38N4O2.HI/c1-4-23-21(25-17-22(11-14-27)12-15-28-18-22)24-13-10-19(2)26(3)16-20-8-6-5-7-9-20;/h5-9,19,27H,4,10-18H2,1-3H3,(H2,23,24,25);1H. The van der Waals surface area contributed by atoms with Crippen LogP contribution in [0.5, 0.6) is 0 Å². The second kappa shape index (κ2) is 14.2. The van der Waals surface area contributed by atoms with E-state index in [1.807, 2.05) is 0 Å².